The van der Waals surface area contributed by atoms with Gasteiger partial charge < -0.3 is 15.4 Å². The third kappa shape index (κ3) is 7.41. The van der Waals surface area contributed by atoms with Crippen LogP contribution in [0.2, 0.25) is 0 Å². The van der Waals surface area contributed by atoms with E-state index in [9.17, 15) is 13.2 Å². The summed E-state index contributed by atoms with van der Waals surface area (Å²) in [6.45, 7) is 7.93. The summed E-state index contributed by atoms with van der Waals surface area (Å²) in [7, 11) is -3.27. The Morgan fingerprint density at radius 2 is 1.89 bits per heavy atom. The zero-order valence-corrected chi connectivity index (χ0v) is 23.2. The highest BCUT2D eigenvalue weighted by atomic mass is 32.2. The minimum atomic E-state index is -3.27. The van der Waals surface area contributed by atoms with E-state index in [1.807, 2.05) is 6.92 Å². The molecule has 208 valence electrons. The van der Waals surface area contributed by atoms with Crippen molar-refractivity contribution in [1.82, 2.24) is 26.6 Å². The average molecular weight is 528 g/mol. The first-order valence-corrected chi connectivity index (χ1v) is 16.3. The summed E-state index contributed by atoms with van der Waals surface area (Å²) in [6.07, 6.45) is 9.34. The number of carbonyl (C=O) groups excluding carboxylic acids is 1. The van der Waals surface area contributed by atoms with Gasteiger partial charge in [0, 0.05) is 36.9 Å². The van der Waals surface area contributed by atoms with Crippen LogP contribution < -0.4 is 26.6 Å². The van der Waals surface area contributed by atoms with Crippen LogP contribution >= 0.6 is 0 Å². The minimum Gasteiger partial charge on any atom is -0.377 e. The van der Waals surface area contributed by atoms with Crippen molar-refractivity contribution in [3.05, 3.63) is 0 Å². The molecule has 1 amide bonds. The number of amides is 1. The third-order valence-corrected chi connectivity index (χ3v) is 10.6. The highest BCUT2D eigenvalue weighted by molar-refractivity contribution is 7.91. The summed E-state index contributed by atoms with van der Waals surface area (Å²) >= 11 is 0. The lowest BCUT2D eigenvalue weighted by Gasteiger charge is -2.43. The molecule has 2 heterocycles. The molecule has 0 bridgehead atoms. The molecule has 0 aromatic rings. The van der Waals surface area contributed by atoms with Gasteiger partial charge in [0.25, 0.3) is 0 Å². The lowest BCUT2D eigenvalue weighted by Crippen LogP contribution is -2.66. The van der Waals surface area contributed by atoms with Gasteiger partial charge >= 0.3 is 0 Å². The van der Waals surface area contributed by atoms with Gasteiger partial charge in [0.05, 0.1) is 11.4 Å². The first-order valence-electron chi connectivity index (χ1n) is 14.3. The molecule has 0 aromatic heterocycles. The van der Waals surface area contributed by atoms with Gasteiger partial charge in [0.15, 0.2) is 9.84 Å². The zero-order chi connectivity index (χ0) is 25.7. The van der Waals surface area contributed by atoms with E-state index >= 15 is 0 Å². The van der Waals surface area contributed by atoms with Crippen LogP contribution in [0.15, 0.2) is 0 Å². The molecule has 9 nitrogen and oxygen atoms in total. The second-order valence-electron chi connectivity index (χ2n) is 11.7. The molecule has 4 rings (SSSR count). The predicted molar refractivity (Wildman–Crippen MR) is 142 cm³/mol. The van der Waals surface area contributed by atoms with Crippen molar-refractivity contribution in [2.24, 2.45) is 17.8 Å². The molecule has 2 saturated carbocycles. The van der Waals surface area contributed by atoms with E-state index in [-0.39, 0.29) is 30.3 Å². The summed E-state index contributed by atoms with van der Waals surface area (Å²) in [4.78, 5) is 13.2. The first kappa shape index (κ1) is 28.2. The molecule has 2 aliphatic heterocycles. The number of rotatable bonds is 8. The Bertz CT molecular complexity index is 821. The van der Waals surface area contributed by atoms with Gasteiger partial charge in [-0.2, -0.15) is 0 Å². The molecule has 10 heteroatoms. The molecule has 0 spiro atoms. The molecule has 9 unspecified atom stereocenters. The molecular weight excluding hydrogens is 478 g/mol. The fourth-order valence-electron chi connectivity index (χ4n) is 6.85. The summed E-state index contributed by atoms with van der Waals surface area (Å²) in [5.74, 6) is 0.971. The molecule has 4 aliphatic rings. The maximum atomic E-state index is 13.2. The smallest absolute Gasteiger partial charge is 0.223 e. The Hall–Kier alpha value is -0.780. The second-order valence-corrected chi connectivity index (χ2v) is 14.0. The van der Waals surface area contributed by atoms with Crippen LogP contribution in [0, 0.1) is 17.8 Å². The normalized spacial score (nSPS) is 40.5. The summed E-state index contributed by atoms with van der Waals surface area (Å²) in [5.41, 5.74) is 0. The van der Waals surface area contributed by atoms with Crippen molar-refractivity contribution < 1.29 is 17.9 Å². The van der Waals surface area contributed by atoms with E-state index in [0.29, 0.717) is 49.8 Å². The van der Waals surface area contributed by atoms with E-state index in [4.69, 9.17) is 4.74 Å². The summed E-state index contributed by atoms with van der Waals surface area (Å²) < 4.78 is 30.5. The van der Waals surface area contributed by atoms with Crippen molar-refractivity contribution in [3.63, 3.8) is 0 Å². The average Bonchev–Trinajstić information content (AvgIpc) is 2.86. The van der Waals surface area contributed by atoms with Crippen LogP contribution in [0.25, 0.3) is 0 Å². The van der Waals surface area contributed by atoms with Crippen LogP contribution in [0.1, 0.15) is 71.6 Å². The Morgan fingerprint density at radius 3 is 2.61 bits per heavy atom. The number of hydrogen-bond acceptors (Lipinski definition) is 8. The zero-order valence-electron chi connectivity index (χ0n) is 22.4. The third-order valence-electron chi connectivity index (χ3n) is 9.04. The largest absolute Gasteiger partial charge is 0.377 e. The Balaban J connectivity index is 1.29. The van der Waals surface area contributed by atoms with Crippen LogP contribution in [-0.4, -0.2) is 82.6 Å². The highest BCUT2D eigenvalue weighted by Crippen LogP contribution is 2.32. The van der Waals surface area contributed by atoms with E-state index in [0.717, 1.165) is 45.3 Å². The number of carbonyl (C=O) groups is 1. The molecule has 2 aliphatic carbocycles. The lowest BCUT2D eigenvalue weighted by atomic mass is 9.81. The molecule has 4 fully saturated rings. The Kier molecular flexibility index (Phi) is 10.1. The van der Waals surface area contributed by atoms with Gasteiger partial charge in [0.1, 0.15) is 6.29 Å². The van der Waals surface area contributed by atoms with E-state index in [2.05, 4.69) is 33.5 Å². The molecule has 36 heavy (non-hydrogen) atoms. The molecule has 5 N–H and O–H groups in total. The van der Waals surface area contributed by atoms with Crippen molar-refractivity contribution in [2.75, 3.05) is 32.5 Å². The van der Waals surface area contributed by atoms with E-state index < -0.39 is 15.1 Å². The maximum absolute atomic E-state index is 13.2. The summed E-state index contributed by atoms with van der Waals surface area (Å²) in [5, 5.41) is 17.5. The van der Waals surface area contributed by atoms with Crippen molar-refractivity contribution >= 4 is 15.7 Å². The predicted octanol–water partition coefficient (Wildman–Crippen LogP) is 1.10. The Morgan fingerprint density at radius 1 is 1.06 bits per heavy atom. The van der Waals surface area contributed by atoms with Crippen molar-refractivity contribution in [1.29, 1.82) is 0 Å². The quantitative estimate of drug-likeness (QED) is 0.318. The monoisotopic (exact) mass is 527 g/mol. The van der Waals surface area contributed by atoms with Gasteiger partial charge in [-0.1, -0.05) is 6.92 Å². The van der Waals surface area contributed by atoms with Gasteiger partial charge in [-0.05, 0) is 96.2 Å². The number of nitrogens with one attached hydrogen (secondary N) is 5. The van der Waals surface area contributed by atoms with Crippen LogP contribution in [-0.2, 0) is 19.4 Å². The minimum absolute atomic E-state index is 0.00989. The van der Waals surface area contributed by atoms with Crippen LogP contribution in [0.4, 0.5) is 0 Å². The van der Waals surface area contributed by atoms with Crippen molar-refractivity contribution in [2.45, 2.75) is 107 Å². The SMILES string of the molecule is CCOC1CCC(C(=O)NC2CCC(C)C(NC3NCCC(C4CCCNC4)N3)C2)CC1S(C)(=O)=O. The molecule has 0 radical (unpaired) electrons. The number of piperidine rings is 1. The van der Waals surface area contributed by atoms with Gasteiger partial charge in [0.2, 0.25) is 5.91 Å². The molecule has 0 aromatic carbocycles. The molecule has 9 atom stereocenters. The van der Waals surface area contributed by atoms with Crippen LogP contribution in [0.5, 0.6) is 0 Å². The Labute approximate surface area is 217 Å². The fourth-order valence-corrected chi connectivity index (χ4v) is 8.20. The van der Waals surface area contributed by atoms with Crippen molar-refractivity contribution in [3.8, 4) is 0 Å². The topological polar surface area (TPSA) is 121 Å². The van der Waals surface area contributed by atoms with Gasteiger partial charge in [-0.15, -0.1) is 0 Å². The lowest BCUT2D eigenvalue weighted by molar-refractivity contribution is -0.127. The first-order chi connectivity index (χ1) is 17.2. The number of sulfone groups is 1. The fraction of sp³-hybridized carbons (Fsp3) is 0.962. The van der Waals surface area contributed by atoms with E-state index in [1.165, 1.54) is 19.1 Å². The van der Waals surface area contributed by atoms with E-state index in [1.54, 1.807) is 0 Å². The van der Waals surface area contributed by atoms with Gasteiger partial charge in [-0.25, -0.2) is 8.42 Å². The maximum Gasteiger partial charge on any atom is 0.223 e. The highest BCUT2D eigenvalue weighted by Gasteiger charge is 2.41. The second kappa shape index (κ2) is 12.8. The number of hydrogen-bond donors (Lipinski definition) is 5. The molecular formula is C26H49N5O4S. The van der Waals surface area contributed by atoms with Crippen LogP contribution in [0.3, 0.4) is 0 Å². The summed E-state index contributed by atoms with van der Waals surface area (Å²) in [6, 6.07) is 0.963. The van der Waals surface area contributed by atoms with Gasteiger partial charge in [-0.3, -0.25) is 20.7 Å². The molecule has 2 saturated heterocycles. The number of ether oxygens (including phenoxy) is 1. The standard InChI is InChI=1S/C26H49N5O4S/c1-4-35-23-10-8-18(14-24(23)36(3,33)34)25(32)29-20-9-7-17(2)22(15-20)31-26-28-13-11-21(30-26)19-6-5-12-27-16-19/h17-24,26-28,30-31H,4-16H2,1-3H3,(H,29,32).